The summed E-state index contributed by atoms with van der Waals surface area (Å²) in [6.45, 7) is 14.5. The first kappa shape index (κ1) is 36.5. The van der Waals surface area contributed by atoms with Crippen LogP contribution in [0.3, 0.4) is 0 Å². The lowest BCUT2D eigenvalue weighted by atomic mass is 9.76. The van der Waals surface area contributed by atoms with Gasteiger partial charge in [0.05, 0.1) is 11.4 Å². The zero-order chi connectivity index (χ0) is 33.9. The summed E-state index contributed by atoms with van der Waals surface area (Å²) in [6.07, 6.45) is 9.93. The zero-order valence-electron chi connectivity index (χ0n) is 29.3. The monoisotopic (exact) mass is 662 g/mol. The minimum Gasteiger partial charge on any atom is -0.307 e. The number of rotatable bonds is 14. The molecule has 2 saturated carbocycles. The molecule has 0 unspecified atom stereocenters. The highest BCUT2D eigenvalue weighted by Gasteiger charge is 2.40. The van der Waals surface area contributed by atoms with Crippen molar-refractivity contribution in [1.82, 2.24) is 9.80 Å². The number of carbonyl (C=O) groups is 2. The predicted octanol–water partition coefficient (Wildman–Crippen LogP) is 10.1. The number of hydrogen-bond donors (Lipinski definition) is 0. The lowest BCUT2D eigenvalue weighted by Crippen LogP contribution is -2.32. The molecule has 2 amide bonds. The van der Waals surface area contributed by atoms with Gasteiger partial charge in [0.2, 0.25) is 0 Å². The van der Waals surface area contributed by atoms with Crippen LogP contribution in [0.15, 0.2) is 68.6 Å². The summed E-state index contributed by atoms with van der Waals surface area (Å²) in [4.78, 5) is 41.9. The van der Waals surface area contributed by atoms with Gasteiger partial charge in [-0.3, -0.25) is 9.68 Å². The molecule has 0 heterocycles. The summed E-state index contributed by atoms with van der Waals surface area (Å²) in [7, 11) is 0. The first-order valence-corrected chi connectivity index (χ1v) is 18.6. The van der Waals surface area contributed by atoms with Gasteiger partial charge >= 0.3 is 12.2 Å². The molecule has 2 aromatic rings. The van der Waals surface area contributed by atoms with E-state index in [4.69, 9.17) is 9.68 Å². The highest BCUT2D eigenvalue weighted by atomic mass is 32.2. The van der Waals surface area contributed by atoms with E-state index in [1.807, 2.05) is 27.7 Å². The molecule has 0 atom stereocenters. The molecular weight excluding hydrogens is 609 g/mol. The maximum Gasteiger partial charge on any atom is 0.435 e. The maximum absolute atomic E-state index is 12.7. The van der Waals surface area contributed by atoms with Crippen molar-refractivity contribution in [2.45, 2.75) is 116 Å². The van der Waals surface area contributed by atoms with E-state index in [9.17, 15) is 9.59 Å². The van der Waals surface area contributed by atoms with E-state index in [2.05, 4.69) is 72.7 Å². The summed E-state index contributed by atoms with van der Waals surface area (Å²) < 4.78 is 0. The number of carbonyl (C=O) groups excluding carboxylic acids is 2. The summed E-state index contributed by atoms with van der Waals surface area (Å²) in [5.74, 6) is 0. The van der Waals surface area contributed by atoms with Crippen LogP contribution < -0.4 is 0 Å². The van der Waals surface area contributed by atoms with Crippen LogP contribution in [0.25, 0.3) is 0 Å². The standard InChI is InChI=1S/C38H54N4O4S/c1-7-37(25-13-14-26-37)33(39-45-35(43)41(9-3)10-4)29-17-21-31(22-18-29)47-32-23-19-30(20-24-32)34(38(8-2)27-15-16-28-38)40-46-36(44)42(11-5)12-6/h17-24H,7-16,25-28H2,1-6H3/b39-33-,40-34-. The largest absolute Gasteiger partial charge is 0.435 e. The van der Waals surface area contributed by atoms with Crippen molar-refractivity contribution in [2.24, 2.45) is 21.1 Å². The molecule has 9 heteroatoms. The third kappa shape index (κ3) is 8.59. The van der Waals surface area contributed by atoms with Crippen LogP contribution in [0.1, 0.15) is 117 Å². The van der Waals surface area contributed by atoms with Gasteiger partial charge in [-0.1, -0.05) is 85.9 Å². The van der Waals surface area contributed by atoms with E-state index in [0.29, 0.717) is 26.2 Å². The number of nitrogens with zero attached hydrogens (tertiary/aromatic N) is 4. The molecule has 0 spiro atoms. The third-order valence-electron chi connectivity index (χ3n) is 10.4. The fourth-order valence-electron chi connectivity index (χ4n) is 7.28. The average molecular weight is 663 g/mol. The summed E-state index contributed by atoms with van der Waals surface area (Å²) >= 11 is 1.70. The van der Waals surface area contributed by atoms with Gasteiger partial charge in [0, 0.05) is 46.8 Å². The summed E-state index contributed by atoms with van der Waals surface area (Å²) in [6, 6.07) is 16.9. The Labute approximate surface area is 286 Å². The smallest absolute Gasteiger partial charge is 0.307 e. The Morgan fingerprint density at radius 2 is 0.915 bits per heavy atom. The van der Waals surface area contributed by atoms with Gasteiger partial charge in [-0.2, -0.15) is 0 Å². The molecule has 2 fully saturated rings. The van der Waals surface area contributed by atoms with Crippen LogP contribution in [-0.2, 0) is 9.68 Å². The molecule has 2 aromatic carbocycles. The van der Waals surface area contributed by atoms with Crippen molar-refractivity contribution in [3.8, 4) is 0 Å². The van der Waals surface area contributed by atoms with Crippen LogP contribution in [0.5, 0.6) is 0 Å². The first-order valence-electron chi connectivity index (χ1n) is 17.8. The van der Waals surface area contributed by atoms with E-state index in [1.54, 1.807) is 21.6 Å². The quantitative estimate of drug-likeness (QED) is 0.114. The second-order valence-electron chi connectivity index (χ2n) is 12.8. The van der Waals surface area contributed by atoms with Gasteiger partial charge in [-0.15, -0.1) is 0 Å². The predicted molar refractivity (Wildman–Crippen MR) is 191 cm³/mol. The highest BCUT2D eigenvalue weighted by Crippen LogP contribution is 2.46. The summed E-state index contributed by atoms with van der Waals surface area (Å²) in [5.41, 5.74) is 3.60. The van der Waals surface area contributed by atoms with Gasteiger partial charge < -0.3 is 9.80 Å². The molecule has 0 radical (unpaired) electrons. The molecule has 0 N–H and O–H groups in total. The van der Waals surface area contributed by atoms with Crippen LogP contribution >= 0.6 is 11.8 Å². The molecular formula is C38H54N4O4S. The fraction of sp³-hybridized carbons (Fsp3) is 0.579. The Morgan fingerprint density at radius 1 is 0.596 bits per heavy atom. The molecule has 0 saturated heterocycles. The number of amides is 2. The fourth-order valence-corrected chi connectivity index (χ4v) is 8.09. The van der Waals surface area contributed by atoms with Gasteiger partial charge in [-0.25, -0.2) is 9.59 Å². The Morgan fingerprint density at radius 3 is 1.19 bits per heavy atom. The molecule has 2 aliphatic carbocycles. The second-order valence-corrected chi connectivity index (χ2v) is 13.9. The van der Waals surface area contributed by atoms with E-state index in [-0.39, 0.29) is 10.8 Å². The topological polar surface area (TPSA) is 83.8 Å². The van der Waals surface area contributed by atoms with Gasteiger partial charge in [0.1, 0.15) is 0 Å². The first-order chi connectivity index (χ1) is 22.8. The minimum absolute atomic E-state index is 0.0812. The zero-order valence-corrected chi connectivity index (χ0v) is 30.2. The molecule has 2 aliphatic rings. The molecule has 0 aromatic heterocycles. The third-order valence-corrected chi connectivity index (χ3v) is 11.5. The number of oxime groups is 2. The van der Waals surface area contributed by atoms with Gasteiger partial charge in [0.15, 0.2) is 0 Å². The van der Waals surface area contributed by atoms with E-state index >= 15 is 0 Å². The van der Waals surface area contributed by atoms with E-state index in [1.165, 1.54) is 0 Å². The van der Waals surface area contributed by atoms with E-state index in [0.717, 1.165) is 96.5 Å². The Hall–Kier alpha value is -3.33. The summed E-state index contributed by atoms with van der Waals surface area (Å²) in [5, 5.41) is 9.08. The SMILES string of the molecule is CCN(CC)C(=O)O/N=C(/c1ccc(Sc2ccc(/C(=N/OC(=O)N(CC)CC)C3(CC)CCCC3)cc2)cc1)C1(CC)CCCC1. The van der Waals surface area contributed by atoms with Crippen molar-refractivity contribution in [2.75, 3.05) is 26.2 Å². The van der Waals surface area contributed by atoms with Crippen molar-refractivity contribution in [3.05, 3.63) is 59.7 Å². The van der Waals surface area contributed by atoms with Crippen LogP contribution in [0.2, 0.25) is 0 Å². The van der Waals surface area contributed by atoms with Crippen molar-refractivity contribution < 1.29 is 19.3 Å². The lowest BCUT2D eigenvalue weighted by molar-refractivity contribution is 0.107. The molecule has 256 valence electrons. The maximum atomic E-state index is 12.7. The van der Waals surface area contributed by atoms with Crippen molar-refractivity contribution >= 4 is 35.4 Å². The number of benzene rings is 2. The number of hydrogen-bond acceptors (Lipinski definition) is 7. The van der Waals surface area contributed by atoms with Crippen LogP contribution in [0, 0.1) is 10.8 Å². The lowest BCUT2D eigenvalue weighted by Gasteiger charge is -2.29. The molecule has 0 aliphatic heterocycles. The minimum atomic E-state index is -0.402. The second kappa shape index (κ2) is 17.2. The highest BCUT2D eigenvalue weighted by molar-refractivity contribution is 7.99. The molecule has 8 nitrogen and oxygen atoms in total. The van der Waals surface area contributed by atoms with Crippen LogP contribution in [0.4, 0.5) is 9.59 Å². The van der Waals surface area contributed by atoms with Crippen molar-refractivity contribution in [3.63, 3.8) is 0 Å². The molecule has 4 rings (SSSR count). The molecule has 0 bridgehead atoms. The average Bonchev–Trinajstić information content (AvgIpc) is 3.79. The van der Waals surface area contributed by atoms with Crippen LogP contribution in [-0.4, -0.2) is 59.6 Å². The Bertz CT molecular complexity index is 1260. The van der Waals surface area contributed by atoms with E-state index < -0.39 is 12.2 Å². The Balaban J connectivity index is 1.54. The normalized spacial score (nSPS) is 17.4. The Kier molecular flexibility index (Phi) is 13.3. The van der Waals surface area contributed by atoms with Crippen molar-refractivity contribution in [1.29, 1.82) is 0 Å². The molecule has 47 heavy (non-hydrogen) atoms. The van der Waals surface area contributed by atoms with Gasteiger partial charge in [-0.05, 0) is 102 Å². The van der Waals surface area contributed by atoms with Gasteiger partial charge in [0.25, 0.3) is 0 Å².